The molecule has 0 spiro atoms. The highest BCUT2D eigenvalue weighted by atomic mass is 127. The van der Waals surface area contributed by atoms with Crippen molar-refractivity contribution in [3.63, 3.8) is 0 Å². The minimum absolute atomic E-state index is 0. The lowest BCUT2D eigenvalue weighted by molar-refractivity contribution is 0.270. The summed E-state index contributed by atoms with van der Waals surface area (Å²) in [4.78, 5) is 9.46. The predicted molar refractivity (Wildman–Crippen MR) is 113 cm³/mol. The average molecular weight is 442 g/mol. The molecule has 3 rings (SSSR count). The van der Waals surface area contributed by atoms with Gasteiger partial charge in [0, 0.05) is 31.9 Å². The van der Waals surface area contributed by atoms with Gasteiger partial charge in [-0.3, -0.25) is 0 Å². The zero-order chi connectivity index (χ0) is 16.1. The van der Waals surface area contributed by atoms with Crippen LogP contribution in [0.3, 0.4) is 0 Å². The summed E-state index contributed by atoms with van der Waals surface area (Å²) < 4.78 is 0. The minimum atomic E-state index is 0. The van der Waals surface area contributed by atoms with Gasteiger partial charge in [0.15, 0.2) is 5.96 Å². The van der Waals surface area contributed by atoms with Crippen molar-refractivity contribution < 1.29 is 0 Å². The van der Waals surface area contributed by atoms with Crippen LogP contribution in [0.2, 0.25) is 0 Å². The number of likely N-dealkylation sites (tertiary alicyclic amines) is 1. The number of nitrogens with zero attached hydrogens (tertiary/aromatic N) is 3. The maximum atomic E-state index is 6.25. The number of rotatable bonds is 3. The maximum Gasteiger partial charge on any atom is 0.191 e. The van der Waals surface area contributed by atoms with E-state index < -0.39 is 0 Å². The zero-order valence-corrected chi connectivity index (χ0v) is 17.1. The summed E-state index contributed by atoms with van der Waals surface area (Å²) in [6, 6.07) is 8.67. The molecule has 1 aromatic rings. The first kappa shape index (κ1) is 19.3. The Kier molecular flexibility index (Phi) is 7.65. The number of piperidine rings is 2. The molecule has 0 amide bonds. The van der Waals surface area contributed by atoms with Crippen LogP contribution in [0.4, 0.5) is 5.69 Å². The van der Waals surface area contributed by atoms with Gasteiger partial charge in [-0.25, -0.2) is 4.99 Å². The Labute approximate surface area is 163 Å². The van der Waals surface area contributed by atoms with Gasteiger partial charge < -0.3 is 15.5 Å². The van der Waals surface area contributed by atoms with Crippen LogP contribution in [-0.2, 0) is 6.54 Å². The van der Waals surface area contributed by atoms with Crippen molar-refractivity contribution in [1.82, 2.24) is 4.90 Å². The molecule has 2 saturated heterocycles. The summed E-state index contributed by atoms with van der Waals surface area (Å²) in [5, 5.41) is 0. The van der Waals surface area contributed by atoms with E-state index in [0.29, 0.717) is 12.5 Å². The van der Waals surface area contributed by atoms with E-state index in [1.54, 1.807) is 0 Å². The maximum absolute atomic E-state index is 6.25. The van der Waals surface area contributed by atoms with Crippen molar-refractivity contribution in [2.75, 3.05) is 31.1 Å². The van der Waals surface area contributed by atoms with Crippen molar-refractivity contribution in [2.24, 2.45) is 16.6 Å². The Morgan fingerprint density at radius 2 is 1.88 bits per heavy atom. The van der Waals surface area contributed by atoms with E-state index >= 15 is 0 Å². The Hall–Kier alpha value is -0.980. The highest BCUT2D eigenvalue weighted by Crippen LogP contribution is 2.25. The summed E-state index contributed by atoms with van der Waals surface area (Å²) in [7, 11) is 0. The number of hydrogen-bond donors (Lipinski definition) is 1. The third-order valence-corrected chi connectivity index (χ3v) is 5.08. The molecule has 2 fully saturated rings. The van der Waals surface area contributed by atoms with Crippen LogP contribution in [0.1, 0.15) is 44.6 Å². The molecule has 5 heteroatoms. The summed E-state index contributed by atoms with van der Waals surface area (Å²) >= 11 is 0. The quantitative estimate of drug-likeness (QED) is 0.440. The topological polar surface area (TPSA) is 44.9 Å². The van der Waals surface area contributed by atoms with Gasteiger partial charge in [-0.1, -0.05) is 25.1 Å². The number of para-hydroxylation sites is 1. The number of aliphatic imine (C=N–C) groups is 1. The lowest BCUT2D eigenvalue weighted by atomic mass is 10.0. The van der Waals surface area contributed by atoms with Gasteiger partial charge in [-0.05, 0) is 49.7 Å². The molecule has 2 aliphatic heterocycles. The smallest absolute Gasteiger partial charge is 0.191 e. The molecule has 1 aromatic carbocycles. The molecule has 0 aliphatic carbocycles. The fraction of sp³-hybridized carbons (Fsp3) is 0.632. The fourth-order valence-electron chi connectivity index (χ4n) is 3.75. The van der Waals surface area contributed by atoms with Crippen molar-refractivity contribution in [3.05, 3.63) is 29.8 Å². The minimum Gasteiger partial charge on any atom is -0.371 e. The van der Waals surface area contributed by atoms with Gasteiger partial charge in [0.25, 0.3) is 0 Å². The molecule has 0 bridgehead atoms. The molecular weight excluding hydrogens is 411 g/mol. The van der Waals surface area contributed by atoms with Gasteiger partial charge in [0.1, 0.15) is 0 Å². The lowest BCUT2D eigenvalue weighted by Gasteiger charge is -2.32. The molecule has 134 valence electrons. The fourth-order valence-corrected chi connectivity index (χ4v) is 3.75. The molecule has 24 heavy (non-hydrogen) atoms. The van der Waals surface area contributed by atoms with Crippen molar-refractivity contribution >= 4 is 35.6 Å². The number of anilines is 1. The van der Waals surface area contributed by atoms with E-state index in [9.17, 15) is 0 Å². The van der Waals surface area contributed by atoms with Crippen LogP contribution >= 0.6 is 24.0 Å². The summed E-state index contributed by atoms with van der Waals surface area (Å²) in [5.41, 5.74) is 8.89. The molecule has 4 nitrogen and oxygen atoms in total. The van der Waals surface area contributed by atoms with Crippen LogP contribution in [0.25, 0.3) is 0 Å². The molecule has 0 radical (unpaired) electrons. The number of benzene rings is 1. The normalized spacial score (nSPS) is 22.2. The van der Waals surface area contributed by atoms with E-state index in [-0.39, 0.29) is 24.0 Å². The Morgan fingerprint density at radius 3 is 2.62 bits per heavy atom. The summed E-state index contributed by atoms with van der Waals surface area (Å²) in [5.74, 6) is 1.43. The number of guanidine groups is 1. The first-order valence-electron chi connectivity index (χ1n) is 9.12. The molecule has 1 atom stereocenters. The molecular formula is C19H31IN4. The monoisotopic (exact) mass is 442 g/mol. The highest BCUT2D eigenvalue weighted by molar-refractivity contribution is 14.0. The van der Waals surface area contributed by atoms with E-state index in [4.69, 9.17) is 10.7 Å². The van der Waals surface area contributed by atoms with Crippen molar-refractivity contribution in [3.8, 4) is 0 Å². The second kappa shape index (κ2) is 9.49. The Morgan fingerprint density at radius 1 is 1.12 bits per heavy atom. The van der Waals surface area contributed by atoms with Crippen LogP contribution in [0.15, 0.2) is 29.3 Å². The first-order chi connectivity index (χ1) is 11.2. The number of hydrogen-bond acceptors (Lipinski definition) is 2. The molecule has 1 unspecified atom stereocenters. The second-order valence-electron chi connectivity index (χ2n) is 7.04. The molecule has 0 aromatic heterocycles. The van der Waals surface area contributed by atoms with Crippen LogP contribution in [0, 0.1) is 5.92 Å². The standard InChI is InChI=1S/C19H30N4.HI/c1-16-8-7-13-23(15-16)19(20)21-14-17-9-3-4-10-18(17)22-11-5-2-6-12-22;/h3-4,9-10,16H,2,5-8,11-15H2,1H3,(H2,20,21);1H. The molecule has 2 N–H and O–H groups in total. The van der Waals surface area contributed by atoms with Gasteiger partial charge in [0.05, 0.1) is 6.54 Å². The van der Waals surface area contributed by atoms with Gasteiger partial charge >= 0.3 is 0 Å². The second-order valence-corrected chi connectivity index (χ2v) is 7.04. The largest absolute Gasteiger partial charge is 0.371 e. The number of nitrogens with two attached hydrogens (primary N) is 1. The third-order valence-electron chi connectivity index (χ3n) is 5.08. The van der Waals surface area contributed by atoms with Crippen LogP contribution in [-0.4, -0.2) is 37.0 Å². The van der Waals surface area contributed by atoms with E-state index in [0.717, 1.165) is 19.0 Å². The number of halogens is 1. The van der Waals surface area contributed by atoms with Crippen LogP contribution < -0.4 is 10.6 Å². The SMILES string of the molecule is CC1CCCN(C(N)=NCc2ccccc2N2CCCCC2)C1.I. The van der Waals surface area contributed by atoms with Crippen LogP contribution in [0.5, 0.6) is 0 Å². The molecule has 0 saturated carbocycles. The lowest BCUT2D eigenvalue weighted by Crippen LogP contribution is -2.43. The Bertz CT molecular complexity index is 540. The predicted octanol–water partition coefficient (Wildman–Crippen LogP) is 3.84. The summed E-state index contributed by atoms with van der Waals surface area (Å²) in [6.07, 6.45) is 6.48. The Balaban J connectivity index is 0.00000208. The van der Waals surface area contributed by atoms with Gasteiger partial charge in [0.2, 0.25) is 0 Å². The summed E-state index contributed by atoms with van der Waals surface area (Å²) in [6.45, 7) is 7.41. The van der Waals surface area contributed by atoms with E-state index in [2.05, 4.69) is 41.0 Å². The van der Waals surface area contributed by atoms with Gasteiger partial charge in [-0.15, -0.1) is 24.0 Å². The van der Waals surface area contributed by atoms with Crippen molar-refractivity contribution in [1.29, 1.82) is 0 Å². The average Bonchev–Trinajstić information content (AvgIpc) is 2.60. The zero-order valence-electron chi connectivity index (χ0n) is 14.8. The molecule has 2 heterocycles. The third kappa shape index (κ3) is 5.01. The van der Waals surface area contributed by atoms with Gasteiger partial charge in [-0.2, -0.15) is 0 Å². The van der Waals surface area contributed by atoms with E-state index in [1.165, 1.54) is 56.4 Å². The van der Waals surface area contributed by atoms with Crippen molar-refractivity contribution in [2.45, 2.75) is 45.6 Å². The molecule has 2 aliphatic rings. The highest BCUT2D eigenvalue weighted by Gasteiger charge is 2.18. The van der Waals surface area contributed by atoms with E-state index in [1.807, 2.05) is 0 Å². The first-order valence-corrected chi connectivity index (χ1v) is 9.12.